The van der Waals surface area contributed by atoms with Crippen LogP contribution in [-0.4, -0.2) is 74.7 Å². The van der Waals surface area contributed by atoms with Crippen LogP contribution >= 0.6 is 10.7 Å². The largest absolute Gasteiger partial charge is 0.503 e. The third-order valence-electron chi connectivity index (χ3n) is 8.08. The summed E-state index contributed by atoms with van der Waals surface area (Å²) in [6, 6.07) is 12.2. The lowest BCUT2D eigenvalue weighted by Crippen LogP contribution is -2.52. The second kappa shape index (κ2) is 11.5. The zero-order valence-corrected chi connectivity index (χ0v) is 24.3. The molecular weight excluding hydrogens is 589 g/mol. The van der Waals surface area contributed by atoms with E-state index in [1.165, 1.54) is 11.8 Å². The first-order valence-corrected chi connectivity index (χ1v) is 15.5. The fourth-order valence-electron chi connectivity index (χ4n) is 5.62. The highest BCUT2D eigenvalue weighted by Gasteiger charge is 2.39. The number of hydrogen-bond acceptors (Lipinski definition) is 6. The SMILES string of the molecule is C/C=S(\C)N1CCN(c2cc3c(cn2)c(-c2cc(C(F)(F)F)c(F)c(O)c2F)nn3C2COC2)[C@H](Cc2ccccc2)C1. The van der Waals surface area contributed by atoms with E-state index in [1.807, 2.05) is 24.3 Å². The van der Waals surface area contributed by atoms with Crippen molar-refractivity contribution in [2.45, 2.75) is 31.6 Å². The average molecular weight is 620 g/mol. The molecule has 2 aromatic heterocycles. The molecule has 2 atom stereocenters. The van der Waals surface area contributed by atoms with Crippen LogP contribution in [0.5, 0.6) is 5.75 Å². The number of hydrogen-bond donors (Lipinski definition) is 1. The minimum absolute atomic E-state index is 0.00102. The summed E-state index contributed by atoms with van der Waals surface area (Å²) in [4.78, 5) is 6.92. The van der Waals surface area contributed by atoms with E-state index in [9.17, 15) is 22.7 Å². The predicted octanol–water partition coefficient (Wildman–Crippen LogP) is 6.04. The Hall–Kier alpha value is -3.55. The van der Waals surface area contributed by atoms with Gasteiger partial charge in [-0.25, -0.2) is 13.8 Å². The summed E-state index contributed by atoms with van der Waals surface area (Å²) in [5.41, 5.74) is -0.892. The molecule has 0 bridgehead atoms. The van der Waals surface area contributed by atoms with E-state index in [-0.39, 0.29) is 33.8 Å². The molecule has 228 valence electrons. The van der Waals surface area contributed by atoms with Crippen LogP contribution in [0.1, 0.15) is 24.1 Å². The molecule has 0 saturated carbocycles. The van der Waals surface area contributed by atoms with Gasteiger partial charge in [-0.15, -0.1) is 10.7 Å². The van der Waals surface area contributed by atoms with Crippen LogP contribution in [0.2, 0.25) is 0 Å². The normalized spacial score (nSPS) is 19.2. The van der Waals surface area contributed by atoms with Gasteiger partial charge in [-0.05, 0) is 31.2 Å². The number of aromatic hydroxyl groups is 1. The molecule has 7 nitrogen and oxygen atoms in total. The molecule has 1 unspecified atom stereocenters. The fourth-order valence-corrected chi connectivity index (χ4v) is 6.70. The van der Waals surface area contributed by atoms with E-state index in [0.717, 1.165) is 19.5 Å². The van der Waals surface area contributed by atoms with Gasteiger partial charge < -0.3 is 14.7 Å². The number of benzene rings is 2. The number of phenolic OH excluding ortho intramolecular Hbond substituents is 1. The lowest BCUT2D eigenvalue weighted by atomic mass is 10.0. The van der Waals surface area contributed by atoms with Crippen molar-refractivity contribution in [3.05, 3.63) is 71.4 Å². The van der Waals surface area contributed by atoms with Crippen LogP contribution in [-0.2, 0) is 17.3 Å². The van der Waals surface area contributed by atoms with Crippen molar-refractivity contribution < 1.29 is 31.8 Å². The number of ether oxygens (including phenoxy) is 1. The first kappa shape index (κ1) is 29.5. The number of fused-ring (bicyclic) bond motifs is 1. The second-order valence-corrected chi connectivity index (χ2v) is 12.7. The summed E-state index contributed by atoms with van der Waals surface area (Å²) >= 11 is 0. The number of phenols is 1. The standard InChI is InChI=1S/C30H30F5N5O2S/c1-3-43(2)38-9-10-39(19(15-38)11-18-7-5-4-6-8-18)25-13-24-22(14-36-25)28(37-40(24)20-16-42-17-20)21-12-23(30(33,34)35)27(32)29(41)26(21)31/h3-8,12-14,19-20,41H,9-11,15-17H2,1-2H3/t19-,43?/m1/s1. The van der Waals surface area contributed by atoms with E-state index in [2.05, 4.69) is 45.0 Å². The minimum atomic E-state index is -5.15. The lowest BCUT2D eigenvalue weighted by Gasteiger charge is -2.43. The highest BCUT2D eigenvalue weighted by Crippen LogP contribution is 2.42. The smallest absolute Gasteiger partial charge is 0.419 e. The highest BCUT2D eigenvalue weighted by atomic mass is 32.2. The summed E-state index contributed by atoms with van der Waals surface area (Å²) in [6.07, 6.45) is -0.721. The lowest BCUT2D eigenvalue weighted by molar-refractivity contribution is -0.140. The Morgan fingerprint density at radius 2 is 1.84 bits per heavy atom. The number of nitrogens with zero attached hydrogens (tertiary/aromatic N) is 5. The number of rotatable bonds is 6. The molecule has 0 aliphatic carbocycles. The fraction of sp³-hybridized carbons (Fsp3) is 0.367. The molecule has 13 heteroatoms. The van der Waals surface area contributed by atoms with Gasteiger partial charge in [0.15, 0.2) is 17.4 Å². The maximum Gasteiger partial charge on any atom is 0.419 e. The number of anilines is 1. The first-order chi connectivity index (χ1) is 20.6. The zero-order valence-electron chi connectivity index (χ0n) is 23.5. The minimum Gasteiger partial charge on any atom is -0.503 e. The number of piperazine rings is 1. The summed E-state index contributed by atoms with van der Waals surface area (Å²) in [6.45, 7) is 5.02. The average Bonchev–Trinajstić information content (AvgIpc) is 3.32. The molecule has 2 aliphatic heterocycles. The van der Waals surface area contributed by atoms with Crippen molar-refractivity contribution >= 4 is 32.8 Å². The molecular formula is C30H30F5N5O2S. The Balaban J connectivity index is 1.45. The Morgan fingerprint density at radius 1 is 1.09 bits per heavy atom. The number of pyridine rings is 1. The van der Waals surface area contributed by atoms with Crippen molar-refractivity contribution in [2.75, 3.05) is 44.0 Å². The van der Waals surface area contributed by atoms with Gasteiger partial charge in [0.05, 0.1) is 30.3 Å². The number of halogens is 5. The zero-order chi connectivity index (χ0) is 30.5. The molecule has 1 N–H and O–H groups in total. The Morgan fingerprint density at radius 3 is 2.49 bits per heavy atom. The molecule has 0 spiro atoms. The summed E-state index contributed by atoms with van der Waals surface area (Å²) in [5, 5.41) is 16.9. The van der Waals surface area contributed by atoms with Crippen molar-refractivity contribution in [2.24, 2.45) is 0 Å². The Labute approximate surface area is 247 Å². The van der Waals surface area contributed by atoms with Crippen LogP contribution < -0.4 is 4.90 Å². The third-order valence-corrected chi connectivity index (χ3v) is 9.91. The predicted molar refractivity (Wildman–Crippen MR) is 158 cm³/mol. The van der Waals surface area contributed by atoms with Crippen LogP contribution in [0.4, 0.5) is 27.8 Å². The number of alkyl halides is 3. The van der Waals surface area contributed by atoms with Crippen molar-refractivity contribution in [3.63, 3.8) is 0 Å². The van der Waals surface area contributed by atoms with E-state index < -0.39 is 34.7 Å². The van der Waals surface area contributed by atoms with Crippen molar-refractivity contribution in [1.29, 1.82) is 0 Å². The quantitative estimate of drug-likeness (QED) is 0.210. The maximum absolute atomic E-state index is 15.1. The van der Waals surface area contributed by atoms with Crippen LogP contribution in [0, 0.1) is 11.6 Å². The summed E-state index contributed by atoms with van der Waals surface area (Å²) in [5.74, 6) is -4.63. The Bertz CT molecular complexity index is 1690. The molecule has 43 heavy (non-hydrogen) atoms. The number of aromatic nitrogens is 3. The van der Waals surface area contributed by atoms with Gasteiger partial charge in [0.1, 0.15) is 11.5 Å². The molecule has 0 amide bonds. The molecule has 0 radical (unpaired) electrons. The highest BCUT2D eigenvalue weighted by molar-refractivity contribution is 8.12. The van der Waals surface area contributed by atoms with Gasteiger partial charge in [-0.3, -0.25) is 8.99 Å². The first-order valence-electron chi connectivity index (χ1n) is 13.8. The van der Waals surface area contributed by atoms with Gasteiger partial charge in [0.2, 0.25) is 0 Å². The van der Waals surface area contributed by atoms with Crippen LogP contribution in [0.3, 0.4) is 0 Å². The van der Waals surface area contributed by atoms with Gasteiger partial charge in [0, 0.05) is 48.9 Å². The van der Waals surface area contributed by atoms with Gasteiger partial charge in [-0.1, -0.05) is 35.7 Å². The van der Waals surface area contributed by atoms with Crippen molar-refractivity contribution in [3.8, 4) is 17.0 Å². The summed E-state index contributed by atoms with van der Waals surface area (Å²) < 4.78 is 79.5. The third kappa shape index (κ3) is 5.49. The summed E-state index contributed by atoms with van der Waals surface area (Å²) in [7, 11) is -0.00102. The van der Waals surface area contributed by atoms with E-state index in [1.54, 1.807) is 4.68 Å². The molecule has 2 aromatic carbocycles. The van der Waals surface area contributed by atoms with Gasteiger partial charge in [-0.2, -0.15) is 18.3 Å². The van der Waals surface area contributed by atoms with Gasteiger partial charge in [0.25, 0.3) is 0 Å². The molecule has 2 saturated heterocycles. The van der Waals surface area contributed by atoms with E-state index in [0.29, 0.717) is 37.2 Å². The Kier molecular flexibility index (Phi) is 7.90. The molecule has 4 heterocycles. The maximum atomic E-state index is 15.1. The molecule has 4 aromatic rings. The molecule has 2 aliphatic rings. The van der Waals surface area contributed by atoms with Crippen LogP contribution in [0.25, 0.3) is 22.2 Å². The monoisotopic (exact) mass is 619 g/mol. The van der Waals surface area contributed by atoms with Gasteiger partial charge >= 0.3 is 6.18 Å². The molecule has 2 fully saturated rings. The van der Waals surface area contributed by atoms with Crippen molar-refractivity contribution in [1.82, 2.24) is 19.1 Å². The molecule has 6 rings (SSSR count). The van der Waals surface area contributed by atoms with E-state index >= 15 is 4.39 Å². The van der Waals surface area contributed by atoms with E-state index in [4.69, 9.17) is 9.72 Å². The van der Waals surface area contributed by atoms with Crippen LogP contribution in [0.15, 0.2) is 48.7 Å². The topological polar surface area (TPSA) is 66.7 Å². The second-order valence-electron chi connectivity index (χ2n) is 10.7.